The maximum absolute atomic E-state index is 5.54. The monoisotopic (exact) mass is 878 g/mol. The van der Waals surface area contributed by atoms with Crippen molar-refractivity contribution >= 4 is 72.0 Å². The molecule has 0 atom stereocenters. The molecule has 12 rings (SSSR count). The van der Waals surface area contributed by atoms with Crippen LogP contribution in [0.3, 0.4) is 0 Å². The molecule has 0 fully saturated rings. The number of hydrogen-bond donors (Lipinski definition) is 0. The maximum Gasteiger partial charge on any atom is 0.166 e. The van der Waals surface area contributed by atoms with E-state index in [1.807, 2.05) is 0 Å². The molecule has 6 nitrogen and oxygen atoms in total. The molecular weight excluding hydrogens is 829 g/mol. The fourth-order valence-electron chi connectivity index (χ4n) is 9.22. The van der Waals surface area contributed by atoms with Crippen molar-refractivity contribution in [2.75, 3.05) is 4.90 Å². The largest absolute Gasteiger partial charge is 0.310 e. The van der Waals surface area contributed by atoms with Gasteiger partial charge in [0.1, 0.15) is 0 Å². The Morgan fingerprint density at radius 1 is 0.368 bits per heavy atom. The number of para-hydroxylation sites is 3. The predicted molar refractivity (Wildman–Crippen MR) is 285 cm³/mol. The van der Waals surface area contributed by atoms with Gasteiger partial charge in [-0.25, -0.2) is 15.0 Å². The van der Waals surface area contributed by atoms with E-state index >= 15 is 0 Å². The first-order valence-electron chi connectivity index (χ1n) is 23.2. The third kappa shape index (κ3) is 7.96. The molecule has 68 heavy (non-hydrogen) atoms. The van der Waals surface area contributed by atoms with Crippen LogP contribution >= 0.6 is 0 Å². The molecule has 0 radical (unpaired) electrons. The second-order valence-corrected chi connectivity index (χ2v) is 17.8. The van der Waals surface area contributed by atoms with Crippen molar-refractivity contribution in [1.29, 1.82) is 0 Å². The van der Waals surface area contributed by atoms with Crippen LogP contribution in [0.4, 0.5) is 17.1 Å². The Balaban J connectivity index is 1.35. The molecule has 6 heteroatoms. The lowest BCUT2D eigenvalue weighted by Crippen LogP contribution is -2.12. The van der Waals surface area contributed by atoms with Crippen molar-refractivity contribution in [3.05, 3.63) is 240 Å². The van der Waals surface area contributed by atoms with Gasteiger partial charge in [-0.1, -0.05) is 125 Å². The third-order valence-corrected chi connectivity index (χ3v) is 12.9. The number of hydrogen-bond acceptors (Lipinski definition) is 4. The summed E-state index contributed by atoms with van der Waals surface area (Å²) in [7, 11) is 0. The highest BCUT2D eigenvalue weighted by Gasteiger charge is 2.20. The molecule has 0 saturated carbocycles. The zero-order valence-electron chi connectivity index (χ0n) is 38.9. The van der Waals surface area contributed by atoms with Gasteiger partial charge in [0.25, 0.3) is 0 Å². The summed E-state index contributed by atoms with van der Waals surface area (Å²) in [6.07, 6.45) is 0. The fraction of sp³-hybridized carbons (Fsp3) is 0.0806. The van der Waals surface area contributed by atoms with Crippen LogP contribution in [0.15, 0.2) is 212 Å². The topological polar surface area (TPSA) is 51.8 Å². The summed E-state index contributed by atoms with van der Waals surface area (Å²) in [6.45, 7) is 10.7. The molecule has 0 N–H and O–H groups in total. The van der Waals surface area contributed by atoms with E-state index in [4.69, 9.17) is 15.0 Å². The first kappa shape index (κ1) is 42.1. The molecule has 0 unspecified atom stereocenters. The first-order chi connectivity index (χ1) is 33.3. The number of anilines is 3. The van der Waals surface area contributed by atoms with Crippen LogP contribution in [0.5, 0.6) is 0 Å². The molecule has 12 aromatic rings. The minimum atomic E-state index is 0.557. The van der Waals surface area contributed by atoms with E-state index in [0.29, 0.717) is 17.1 Å². The van der Waals surface area contributed by atoms with Crippen LogP contribution in [-0.2, 0) is 0 Å². The summed E-state index contributed by atoms with van der Waals surface area (Å²) in [5, 5.41) is 4.04. The minimum absolute atomic E-state index is 0.557. The Morgan fingerprint density at radius 3 is 1.34 bits per heavy atom. The second-order valence-electron chi connectivity index (χ2n) is 17.8. The molecular formula is C62H50N6. The van der Waals surface area contributed by atoms with Crippen LogP contribution in [0, 0.1) is 34.6 Å². The summed E-state index contributed by atoms with van der Waals surface area (Å²) >= 11 is 0. The summed E-state index contributed by atoms with van der Waals surface area (Å²) in [5.74, 6) is 0.557. The zero-order valence-corrected chi connectivity index (χ0v) is 38.9. The van der Waals surface area contributed by atoms with E-state index in [2.05, 4.69) is 261 Å². The molecule has 0 aliphatic carbocycles. The average molecular weight is 879 g/mol. The van der Waals surface area contributed by atoms with Gasteiger partial charge in [0.2, 0.25) is 0 Å². The van der Waals surface area contributed by atoms with Gasteiger partial charge >= 0.3 is 0 Å². The molecule has 6 bridgehead atoms. The Labute approximate surface area is 396 Å². The second kappa shape index (κ2) is 17.6. The van der Waals surface area contributed by atoms with E-state index in [0.717, 1.165) is 77.6 Å². The molecule has 0 amide bonds. The van der Waals surface area contributed by atoms with Gasteiger partial charge in [-0.3, -0.25) is 0 Å². The van der Waals surface area contributed by atoms with Gasteiger partial charge in [0, 0.05) is 50.1 Å². The minimum Gasteiger partial charge on any atom is -0.310 e. The SMILES string of the molecule is Cc1ccc(N(c2ccc(C)cc2)c2ccccc2-c2nc3nc(n2)c2ccccc2n(-c2ccc(C)cc2)c2ccc(C)c(c2)c2ccc(cc2)n(-c2ccc(C)cc2)c2ccccc32)cc1. The lowest BCUT2D eigenvalue weighted by molar-refractivity contribution is 1.15. The summed E-state index contributed by atoms with van der Waals surface area (Å²) < 4.78 is 4.65. The highest BCUT2D eigenvalue weighted by molar-refractivity contribution is 5.99. The Morgan fingerprint density at radius 2 is 0.809 bits per heavy atom. The average Bonchev–Trinajstić information content (AvgIpc) is 3.37. The number of nitrogens with zero attached hydrogens (tertiary/aromatic N) is 6. The first-order valence-corrected chi connectivity index (χ1v) is 23.2. The molecule has 0 aliphatic rings. The van der Waals surface area contributed by atoms with Crippen LogP contribution in [0.1, 0.15) is 27.8 Å². The van der Waals surface area contributed by atoms with Crippen molar-refractivity contribution in [2.45, 2.75) is 34.6 Å². The molecule has 9 aromatic carbocycles. The number of fused-ring (bicyclic) bond motifs is 2. The molecule has 0 spiro atoms. The normalized spacial score (nSPS) is 11.3. The standard InChI is InChI=1S/C62H50N6/c1-41-18-29-47(30-19-41)66(48-31-20-42(2)21-32-48)57-15-9-6-12-53(57)60-63-61-54-13-7-10-16-58(54)67(49-33-22-43(3)23-34-49)51-38-27-46(28-39-51)56-40-52(37-26-45(56)5)68(50-35-24-44(4)25-36-50)59-17-11-8-14-55(59)62(64-60)65-61/h6-40H,1-5H3. The van der Waals surface area contributed by atoms with Crippen molar-refractivity contribution in [1.82, 2.24) is 24.1 Å². The van der Waals surface area contributed by atoms with E-state index in [-0.39, 0.29) is 0 Å². The summed E-state index contributed by atoms with van der Waals surface area (Å²) in [4.78, 5) is 18.9. The van der Waals surface area contributed by atoms with Gasteiger partial charge in [-0.2, -0.15) is 0 Å². The van der Waals surface area contributed by atoms with E-state index in [1.54, 1.807) is 0 Å². The van der Waals surface area contributed by atoms with Crippen molar-refractivity contribution in [2.24, 2.45) is 0 Å². The molecule has 0 aliphatic heterocycles. The van der Waals surface area contributed by atoms with Crippen LogP contribution in [0.25, 0.3) is 77.7 Å². The number of benzene rings is 9. The van der Waals surface area contributed by atoms with Gasteiger partial charge in [-0.15, -0.1) is 0 Å². The van der Waals surface area contributed by atoms with E-state index < -0.39 is 0 Å². The van der Waals surface area contributed by atoms with Crippen molar-refractivity contribution < 1.29 is 0 Å². The van der Waals surface area contributed by atoms with Crippen molar-refractivity contribution in [3.63, 3.8) is 0 Å². The number of aryl methyl sites for hydroxylation is 5. The number of rotatable bonds is 6. The van der Waals surface area contributed by atoms with Crippen LogP contribution < -0.4 is 4.90 Å². The van der Waals surface area contributed by atoms with Crippen molar-refractivity contribution in [3.8, 4) is 22.8 Å². The predicted octanol–water partition coefficient (Wildman–Crippen LogP) is 16.1. The van der Waals surface area contributed by atoms with Crippen LogP contribution in [-0.4, -0.2) is 24.1 Å². The molecule has 3 aromatic heterocycles. The Bertz CT molecular complexity index is 3760. The smallest absolute Gasteiger partial charge is 0.166 e. The van der Waals surface area contributed by atoms with Gasteiger partial charge in [0.15, 0.2) is 17.1 Å². The van der Waals surface area contributed by atoms with E-state index in [9.17, 15) is 0 Å². The number of aromatic nitrogens is 5. The highest BCUT2D eigenvalue weighted by Crippen LogP contribution is 2.40. The molecule has 328 valence electrons. The lowest BCUT2D eigenvalue weighted by atomic mass is 10.1. The Hall–Kier alpha value is -8.61. The maximum atomic E-state index is 5.54. The fourth-order valence-corrected chi connectivity index (χ4v) is 9.22. The zero-order chi connectivity index (χ0) is 46.3. The molecule has 0 saturated heterocycles. The highest BCUT2D eigenvalue weighted by atomic mass is 15.2. The van der Waals surface area contributed by atoms with Gasteiger partial charge in [0.05, 0.1) is 16.7 Å². The summed E-state index contributed by atoms with van der Waals surface area (Å²) in [6, 6.07) is 75.9. The van der Waals surface area contributed by atoms with Gasteiger partial charge in [-0.05, 0) is 160 Å². The quantitative estimate of drug-likeness (QED) is 0.167. The van der Waals surface area contributed by atoms with Gasteiger partial charge < -0.3 is 14.0 Å². The van der Waals surface area contributed by atoms with Crippen LogP contribution in [0.2, 0.25) is 0 Å². The lowest BCUT2D eigenvalue weighted by Gasteiger charge is -2.27. The van der Waals surface area contributed by atoms with E-state index in [1.165, 1.54) is 27.8 Å². The molecule has 3 heterocycles. The Kier molecular flexibility index (Phi) is 10.9. The summed E-state index contributed by atoms with van der Waals surface area (Å²) in [5.41, 5.74) is 16.9. The third-order valence-electron chi connectivity index (χ3n) is 12.9.